The van der Waals surface area contributed by atoms with E-state index >= 15 is 0 Å². The number of hydrogen-bond donors (Lipinski definition) is 3. The first-order valence-corrected chi connectivity index (χ1v) is 12.5. The Morgan fingerprint density at radius 3 is 2.94 bits per heavy atom. The molecule has 1 aliphatic rings. The molecule has 3 N–H and O–H groups in total. The van der Waals surface area contributed by atoms with E-state index in [1.165, 1.54) is 41.8 Å². The number of hydrogen-bond acceptors (Lipinski definition) is 7. The van der Waals surface area contributed by atoms with Crippen molar-refractivity contribution in [1.82, 2.24) is 20.8 Å². The minimum Gasteiger partial charge on any atom is -0.478 e. The van der Waals surface area contributed by atoms with Gasteiger partial charge in [-0.2, -0.15) is 11.8 Å². The molecule has 33 heavy (non-hydrogen) atoms. The van der Waals surface area contributed by atoms with Crippen molar-refractivity contribution >= 4 is 45.1 Å². The molecule has 1 unspecified atom stereocenters. The van der Waals surface area contributed by atoms with E-state index in [0.29, 0.717) is 17.3 Å². The summed E-state index contributed by atoms with van der Waals surface area (Å²) in [5.41, 5.74) is 5.65. The molecule has 174 valence electrons. The van der Waals surface area contributed by atoms with Crippen LogP contribution in [-0.4, -0.2) is 33.6 Å². The summed E-state index contributed by atoms with van der Waals surface area (Å²) in [6.45, 7) is 1.46. The van der Waals surface area contributed by atoms with E-state index in [1.807, 2.05) is 0 Å². The predicted molar refractivity (Wildman–Crippen MR) is 126 cm³/mol. The van der Waals surface area contributed by atoms with Gasteiger partial charge in [-0.1, -0.05) is 12.1 Å². The van der Waals surface area contributed by atoms with E-state index in [9.17, 15) is 18.8 Å². The van der Waals surface area contributed by atoms with Crippen molar-refractivity contribution in [2.75, 3.05) is 5.75 Å². The molecule has 2 aromatic heterocycles. The maximum absolute atomic E-state index is 13.6. The van der Waals surface area contributed by atoms with Gasteiger partial charge in [0.15, 0.2) is 17.7 Å². The highest BCUT2D eigenvalue weighted by Crippen LogP contribution is 2.34. The first-order valence-electron chi connectivity index (χ1n) is 10.5. The summed E-state index contributed by atoms with van der Waals surface area (Å²) in [5.74, 6) is -0.0498. The zero-order valence-corrected chi connectivity index (χ0v) is 19.5. The van der Waals surface area contributed by atoms with Crippen molar-refractivity contribution in [2.45, 2.75) is 44.5 Å². The van der Waals surface area contributed by atoms with Crippen molar-refractivity contribution in [2.24, 2.45) is 0 Å². The largest absolute Gasteiger partial charge is 0.478 e. The van der Waals surface area contributed by atoms with Gasteiger partial charge in [0.25, 0.3) is 11.5 Å². The van der Waals surface area contributed by atoms with Crippen LogP contribution in [0.15, 0.2) is 29.1 Å². The van der Waals surface area contributed by atoms with Crippen molar-refractivity contribution < 1.29 is 18.7 Å². The number of fused-ring (bicyclic) bond motifs is 3. The lowest BCUT2D eigenvalue weighted by Gasteiger charge is -2.15. The molecule has 8 nitrogen and oxygen atoms in total. The topological polar surface area (TPSA) is 113 Å². The second kappa shape index (κ2) is 10.3. The molecule has 0 fully saturated rings. The number of hydrazine groups is 1. The van der Waals surface area contributed by atoms with Gasteiger partial charge in [-0.15, -0.1) is 11.3 Å². The van der Waals surface area contributed by atoms with Crippen LogP contribution in [0.5, 0.6) is 5.75 Å². The lowest BCUT2D eigenvalue weighted by molar-refractivity contribution is -0.132. The molecule has 3 aromatic rings. The highest BCUT2D eigenvalue weighted by atomic mass is 32.2. The number of benzene rings is 1. The number of carbonyl (C=O) groups is 2. The summed E-state index contributed by atoms with van der Waals surface area (Å²) in [6.07, 6.45) is 2.21. The van der Waals surface area contributed by atoms with E-state index in [0.717, 1.165) is 35.0 Å². The van der Waals surface area contributed by atoms with Crippen LogP contribution in [0.3, 0.4) is 0 Å². The van der Waals surface area contributed by atoms with Crippen molar-refractivity contribution in [1.29, 1.82) is 0 Å². The summed E-state index contributed by atoms with van der Waals surface area (Å²) in [5, 5.41) is 0.726. The van der Waals surface area contributed by atoms with Crippen LogP contribution in [0.4, 0.5) is 4.39 Å². The van der Waals surface area contributed by atoms with E-state index in [2.05, 4.69) is 20.8 Å². The van der Waals surface area contributed by atoms with Gasteiger partial charge in [0.05, 0.1) is 11.1 Å². The van der Waals surface area contributed by atoms with E-state index in [4.69, 9.17) is 4.74 Å². The lowest BCUT2D eigenvalue weighted by Crippen LogP contribution is -2.47. The van der Waals surface area contributed by atoms with Crippen LogP contribution in [0.25, 0.3) is 10.2 Å². The number of nitrogens with one attached hydrogen (secondary N) is 3. The number of nitrogens with zero attached hydrogens (tertiary/aromatic N) is 1. The summed E-state index contributed by atoms with van der Waals surface area (Å²) in [4.78, 5) is 46.0. The van der Waals surface area contributed by atoms with Gasteiger partial charge in [0.1, 0.15) is 10.7 Å². The molecule has 2 amide bonds. The second-order valence-electron chi connectivity index (χ2n) is 7.58. The van der Waals surface area contributed by atoms with E-state index in [-0.39, 0.29) is 23.6 Å². The number of thioether (sulfide) groups is 1. The zero-order valence-electron chi connectivity index (χ0n) is 17.9. The first kappa shape index (κ1) is 23.2. The molecule has 1 aliphatic carbocycles. The monoisotopic (exact) mass is 490 g/mol. The summed E-state index contributed by atoms with van der Waals surface area (Å²) < 4.78 is 18.9. The van der Waals surface area contributed by atoms with Gasteiger partial charge >= 0.3 is 0 Å². The van der Waals surface area contributed by atoms with Gasteiger partial charge in [-0.05, 0) is 43.9 Å². The number of halogens is 1. The number of para-hydroxylation sites is 1. The molecule has 0 spiro atoms. The fourth-order valence-corrected chi connectivity index (χ4v) is 5.61. The number of aromatic nitrogens is 2. The number of H-pyrrole nitrogens is 1. The molecule has 4 rings (SSSR count). The average molecular weight is 491 g/mol. The molecule has 0 radical (unpaired) electrons. The number of thiophene rings is 1. The smallest absolute Gasteiger partial charge is 0.279 e. The standard InChI is InChI=1S/C22H23FN4O4S2/c1-12(31-15-7-3-2-6-14(15)23)20(29)27-26-18(28)9-10-32-11-17-24-21(30)19-13-5-4-8-16(13)33-22(19)25-17/h2-3,6-7,12H,4-5,8-11H2,1H3,(H,26,28)(H,27,29)(H,24,25,30). The van der Waals surface area contributed by atoms with Crippen LogP contribution in [0.1, 0.15) is 36.0 Å². The fraction of sp³-hybridized carbons (Fsp3) is 0.364. The Balaban J connectivity index is 1.19. The number of aromatic amines is 1. The maximum Gasteiger partial charge on any atom is 0.279 e. The molecule has 0 saturated heterocycles. The maximum atomic E-state index is 13.6. The molecule has 0 bridgehead atoms. The molecule has 0 saturated carbocycles. The summed E-state index contributed by atoms with van der Waals surface area (Å²) in [7, 11) is 0. The average Bonchev–Trinajstić information content (AvgIpc) is 3.37. The zero-order chi connectivity index (χ0) is 23.4. The normalized spacial score (nSPS) is 13.5. The van der Waals surface area contributed by atoms with Gasteiger partial charge in [0, 0.05) is 17.1 Å². The van der Waals surface area contributed by atoms with Crippen LogP contribution in [-0.2, 0) is 28.2 Å². The highest BCUT2D eigenvalue weighted by Gasteiger charge is 2.21. The Labute approximate surface area is 197 Å². The molecule has 11 heteroatoms. The summed E-state index contributed by atoms with van der Waals surface area (Å²) >= 11 is 3.05. The van der Waals surface area contributed by atoms with Gasteiger partial charge in [-0.25, -0.2) is 9.37 Å². The third kappa shape index (κ3) is 5.53. The highest BCUT2D eigenvalue weighted by molar-refractivity contribution is 7.98. The first-order chi connectivity index (χ1) is 15.9. The van der Waals surface area contributed by atoms with E-state index < -0.39 is 17.8 Å². The number of carbonyl (C=O) groups excluding carboxylic acids is 2. The predicted octanol–water partition coefficient (Wildman–Crippen LogP) is 2.85. The Kier molecular flexibility index (Phi) is 7.29. The third-order valence-electron chi connectivity index (χ3n) is 5.17. The van der Waals surface area contributed by atoms with Crippen molar-refractivity contribution in [3.63, 3.8) is 0 Å². The second-order valence-corrected chi connectivity index (χ2v) is 9.77. The van der Waals surface area contributed by atoms with Crippen molar-refractivity contribution in [3.05, 3.63) is 56.7 Å². The number of amides is 2. The number of aryl methyl sites for hydroxylation is 2. The molecule has 2 heterocycles. The molecule has 1 atom stereocenters. The number of rotatable bonds is 8. The Hall–Kier alpha value is -2.92. The fourth-order valence-electron chi connectivity index (χ4n) is 3.53. The van der Waals surface area contributed by atoms with Gasteiger partial charge < -0.3 is 9.72 Å². The molecular weight excluding hydrogens is 467 g/mol. The van der Waals surface area contributed by atoms with Gasteiger partial charge in [-0.3, -0.25) is 25.2 Å². The quantitative estimate of drug-likeness (QED) is 0.331. The summed E-state index contributed by atoms with van der Waals surface area (Å²) in [6, 6.07) is 5.76. The lowest BCUT2D eigenvalue weighted by atomic mass is 10.2. The Bertz CT molecular complexity index is 1240. The molecule has 1 aromatic carbocycles. The Morgan fingerprint density at radius 2 is 2.12 bits per heavy atom. The van der Waals surface area contributed by atoms with Crippen LogP contribution in [0, 0.1) is 5.82 Å². The van der Waals surface area contributed by atoms with Crippen LogP contribution >= 0.6 is 23.1 Å². The van der Waals surface area contributed by atoms with E-state index in [1.54, 1.807) is 17.4 Å². The van der Waals surface area contributed by atoms with Crippen molar-refractivity contribution in [3.8, 4) is 5.75 Å². The minimum atomic E-state index is -0.993. The molecule has 0 aliphatic heterocycles. The van der Waals surface area contributed by atoms with Crippen LogP contribution in [0.2, 0.25) is 0 Å². The minimum absolute atomic E-state index is 0.0418. The SMILES string of the molecule is CC(Oc1ccccc1F)C(=O)NNC(=O)CCSCc1nc2sc3c(c2c(=O)[nH]1)CCC3. The number of ether oxygens (including phenoxy) is 1. The third-order valence-corrected chi connectivity index (χ3v) is 7.33. The van der Waals surface area contributed by atoms with Crippen LogP contribution < -0.4 is 21.1 Å². The molecular formula is C22H23FN4O4S2. The Morgan fingerprint density at radius 1 is 1.30 bits per heavy atom. The van der Waals surface area contributed by atoms with Gasteiger partial charge in [0.2, 0.25) is 5.91 Å².